The molecule has 1 unspecified atom stereocenters. The van der Waals surface area contributed by atoms with Crippen LogP contribution in [0.3, 0.4) is 0 Å². The normalized spacial score (nSPS) is 21.3. The molecule has 2 N–H and O–H groups in total. The van der Waals surface area contributed by atoms with Gasteiger partial charge in [0, 0.05) is 44.5 Å². The van der Waals surface area contributed by atoms with Gasteiger partial charge in [0.1, 0.15) is 0 Å². The number of nitrogens with one attached hydrogen (secondary N) is 1. The number of urea groups is 1. The van der Waals surface area contributed by atoms with E-state index >= 15 is 0 Å². The number of carbonyl (C=O) groups excluding carboxylic acids is 1. The van der Waals surface area contributed by atoms with Crippen LogP contribution in [0.4, 0.5) is 10.5 Å². The van der Waals surface area contributed by atoms with Crippen molar-refractivity contribution in [1.29, 1.82) is 5.26 Å². The predicted octanol–water partition coefficient (Wildman–Crippen LogP) is 1.87. The highest BCUT2D eigenvalue weighted by Crippen LogP contribution is 2.31. The molecule has 1 atom stereocenters. The molecule has 1 saturated carbocycles. The number of benzene rings is 1. The van der Waals surface area contributed by atoms with Gasteiger partial charge in [-0.3, -0.25) is 4.90 Å². The highest BCUT2D eigenvalue weighted by atomic mass is 16.3. The van der Waals surface area contributed by atoms with Gasteiger partial charge < -0.3 is 15.3 Å². The minimum absolute atomic E-state index is 0.140. The Labute approximate surface area is 142 Å². The number of amides is 2. The SMILES string of the molecule is N#Cc1cccc(NC(=O)N2CCN(CC3CC3)C(CCO)C2)c1. The van der Waals surface area contributed by atoms with Crippen molar-refractivity contribution < 1.29 is 9.90 Å². The smallest absolute Gasteiger partial charge is 0.321 e. The molecule has 2 aliphatic rings. The Morgan fingerprint density at radius 1 is 1.38 bits per heavy atom. The second-order valence-corrected chi connectivity index (χ2v) is 6.67. The quantitative estimate of drug-likeness (QED) is 0.865. The largest absolute Gasteiger partial charge is 0.396 e. The van der Waals surface area contributed by atoms with E-state index in [0.29, 0.717) is 30.8 Å². The molecule has 1 aromatic rings. The van der Waals surface area contributed by atoms with Crippen molar-refractivity contribution >= 4 is 11.7 Å². The number of nitrogens with zero attached hydrogens (tertiary/aromatic N) is 3. The average Bonchev–Trinajstić information content (AvgIpc) is 3.41. The van der Waals surface area contributed by atoms with Gasteiger partial charge in [-0.25, -0.2) is 4.79 Å². The van der Waals surface area contributed by atoms with Crippen LogP contribution in [0.25, 0.3) is 0 Å². The maximum absolute atomic E-state index is 12.5. The van der Waals surface area contributed by atoms with E-state index < -0.39 is 0 Å². The third-order valence-electron chi connectivity index (χ3n) is 4.79. The minimum Gasteiger partial charge on any atom is -0.396 e. The molecular weight excluding hydrogens is 304 g/mol. The first-order valence-corrected chi connectivity index (χ1v) is 8.60. The Morgan fingerprint density at radius 3 is 2.92 bits per heavy atom. The molecule has 1 saturated heterocycles. The Balaban J connectivity index is 1.59. The van der Waals surface area contributed by atoms with E-state index in [2.05, 4.69) is 16.3 Å². The van der Waals surface area contributed by atoms with Crippen LogP contribution in [0, 0.1) is 17.2 Å². The summed E-state index contributed by atoms with van der Waals surface area (Å²) in [6.07, 6.45) is 3.31. The topological polar surface area (TPSA) is 79.6 Å². The number of hydrogen-bond acceptors (Lipinski definition) is 4. The van der Waals surface area contributed by atoms with E-state index in [0.717, 1.165) is 19.0 Å². The molecule has 128 valence electrons. The maximum atomic E-state index is 12.5. The Morgan fingerprint density at radius 2 is 2.21 bits per heavy atom. The molecule has 1 aromatic carbocycles. The Bertz CT molecular complexity index is 624. The zero-order valence-electron chi connectivity index (χ0n) is 13.8. The summed E-state index contributed by atoms with van der Waals surface area (Å²) in [7, 11) is 0. The predicted molar refractivity (Wildman–Crippen MR) is 91.5 cm³/mol. The lowest BCUT2D eigenvalue weighted by Crippen LogP contribution is -2.56. The second kappa shape index (κ2) is 7.65. The van der Waals surface area contributed by atoms with Gasteiger partial charge in [0.25, 0.3) is 0 Å². The summed E-state index contributed by atoms with van der Waals surface area (Å²) in [5.74, 6) is 0.806. The van der Waals surface area contributed by atoms with Crippen molar-refractivity contribution in [3.63, 3.8) is 0 Å². The van der Waals surface area contributed by atoms with Gasteiger partial charge in [-0.15, -0.1) is 0 Å². The standard InChI is InChI=1S/C18H24N4O2/c19-11-15-2-1-3-16(10-15)20-18(24)22-8-7-21(12-14-4-5-14)17(13-22)6-9-23/h1-3,10,14,17,23H,4-9,12-13H2,(H,20,24). The molecule has 1 aliphatic carbocycles. The van der Waals surface area contributed by atoms with E-state index in [-0.39, 0.29) is 18.7 Å². The van der Waals surface area contributed by atoms with Crippen molar-refractivity contribution in [3.05, 3.63) is 29.8 Å². The van der Waals surface area contributed by atoms with Crippen LogP contribution < -0.4 is 5.32 Å². The number of hydrogen-bond donors (Lipinski definition) is 2. The molecule has 3 rings (SSSR count). The third kappa shape index (κ3) is 4.25. The van der Waals surface area contributed by atoms with Crippen LogP contribution in [0.1, 0.15) is 24.8 Å². The van der Waals surface area contributed by atoms with Crippen LogP contribution in [0.2, 0.25) is 0 Å². The molecule has 2 fully saturated rings. The van der Waals surface area contributed by atoms with Crippen molar-refractivity contribution in [2.75, 3.05) is 38.1 Å². The first-order valence-electron chi connectivity index (χ1n) is 8.60. The fourth-order valence-corrected chi connectivity index (χ4v) is 3.24. The Hall–Kier alpha value is -2.10. The van der Waals surface area contributed by atoms with E-state index in [4.69, 9.17) is 5.26 Å². The van der Waals surface area contributed by atoms with Crippen LogP contribution in [-0.2, 0) is 0 Å². The van der Waals surface area contributed by atoms with Gasteiger partial charge in [-0.1, -0.05) is 6.07 Å². The zero-order chi connectivity index (χ0) is 16.9. The van der Waals surface area contributed by atoms with Gasteiger partial charge in [0.15, 0.2) is 0 Å². The number of carbonyl (C=O) groups is 1. The molecule has 6 heteroatoms. The third-order valence-corrected chi connectivity index (χ3v) is 4.79. The summed E-state index contributed by atoms with van der Waals surface area (Å²) in [6.45, 7) is 3.41. The average molecular weight is 328 g/mol. The van der Waals surface area contributed by atoms with Crippen molar-refractivity contribution in [2.45, 2.75) is 25.3 Å². The molecule has 2 amide bonds. The van der Waals surface area contributed by atoms with Crippen molar-refractivity contribution in [2.24, 2.45) is 5.92 Å². The number of rotatable bonds is 5. The highest BCUT2D eigenvalue weighted by molar-refractivity contribution is 5.89. The summed E-state index contributed by atoms with van der Waals surface area (Å²) >= 11 is 0. The first kappa shape index (κ1) is 16.7. The van der Waals surface area contributed by atoms with Gasteiger partial charge >= 0.3 is 6.03 Å². The number of aliphatic hydroxyl groups excluding tert-OH is 1. The summed E-state index contributed by atoms with van der Waals surface area (Å²) in [5, 5.41) is 21.1. The fourth-order valence-electron chi connectivity index (χ4n) is 3.24. The van der Waals surface area contributed by atoms with Crippen LogP contribution >= 0.6 is 0 Å². The molecule has 24 heavy (non-hydrogen) atoms. The minimum atomic E-state index is -0.140. The van der Waals surface area contributed by atoms with Gasteiger partial charge in [-0.2, -0.15) is 5.26 Å². The summed E-state index contributed by atoms with van der Waals surface area (Å²) in [6, 6.07) is 9.09. The molecule has 6 nitrogen and oxygen atoms in total. The van der Waals surface area contributed by atoms with E-state index in [1.807, 2.05) is 4.90 Å². The van der Waals surface area contributed by atoms with E-state index in [9.17, 15) is 9.90 Å². The van der Waals surface area contributed by atoms with Gasteiger partial charge in [-0.05, 0) is 43.4 Å². The van der Waals surface area contributed by atoms with Crippen LogP contribution in [0.5, 0.6) is 0 Å². The summed E-state index contributed by atoms with van der Waals surface area (Å²) in [4.78, 5) is 16.7. The van der Waals surface area contributed by atoms with E-state index in [1.54, 1.807) is 24.3 Å². The summed E-state index contributed by atoms with van der Waals surface area (Å²) < 4.78 is 0. The molecule has 0 spiro atoms. The van der Waals surface area contributed by atoms with Crippen molar-refractivity contribution in [3.8, 4) is 6.07 Å². The van der Waals surface area contributed by atoms with Gasteiger partial charge in [0.05, 0.1) is 11.6 Å². The van der Waals surface area contributed by atoms with Crippen molar-refractivity contribution in [1.82, 2.24) is 9.80 Å². The van der Waals surface area contributed by atoms with Gasteiger partial charge in [0.2, 0.25) is 0 Å². The number of nitriles is 1. The van der Waals surface area contributed by atoms with E-state index in [1.165, 1.54) is 12.8 Å². The Kier molecular flexibility index (Phi) is 5.34. The monoisotopic (exact) mass is 328 g/mol. The lowest BCUT2D eigenvalue weighted by Gasteiger charge is -2.41. The highest BCUT2D eigenvalue weighted by Gasteiger charge is 2.33. The van der Waals surface area contributed by atoms with Crippen LogP contribution in [-0.4, -0.2) is 59.8 Å². The summed E-state index contributed by atoms with van der Waals surface area (Å²) in [5.41, 5.74) is 1.17. The number of anilines is 1. The molecule has 0 aromatic heterocycles. The zero-order valence-corrected chi connectivity index (χ0v) is 13.8. The molecule has 0 bridgehead atoms. The number of piperazine rings is 1. The molecule has 1 aliphatic heterocycles. The maximum Gasteiger partial charge on any atom is 0.321 e. The number of aliphatic hydroxyl groups is 1. The molecule has 1 heterocycles. The first-order chi connectivity index (χ1) is 11.7. The second-order valence-electron chi connectivity index (χ2n) is 6.67. The van der Waals surface area contributed by atoms with Crippen LogP contribution in [0.15, 0.2) is 24.3 Å². The fraction of sp³-hybridized carbons (Fsp3) is 0.556. The lowest BCUT2D eigenvalue weighted by atomic mass is 10.1. The molecular formula is C18H24N4O2. The lowest BCUT2D eigenvalue weighted by molar-refractivity contribution is 0.0739. The molecule has 0 radical (unpaired) electrons.